The summed E-state index contributed by atoms with van der Waals surface area (Å²) in [6, 6.07) is 14.8. The second-order valence-electron chi connectivity index (χ2n) is 8.80. The van der Waals surface area contributed by atoms with Gasteiger partial charge in [0.15, 0.2) is 0 Å². The zero-order valence-corrected chi connectivity index (χ0v) is 19.2. The van der Waals surface area contributed by atoms with Gasteiger partial charge in [0.05, 0.1) is 6.42 Å². The van der Waals surface area contributed by atoms with Crippen molar-refractivity contribution in [1.29, 1.82) is 0 Å². The molecular formula is C26H32N2O5. The van der Waals surface area contributed by atoms with Crippen LogP contribution in [-0.2, 0) is 14.3 Å². The van der Waals surface area contributed by atoms with Crippen LogP contribution in [0.4, 0.5) is 4.79 Å². The van der Waals surface area contributed by atoms with E-state index >= 15 is 0 Å². The second kappa shape index (κ2) is 11.5. The Kier molecular flexibility index (Phi) is 8.46. The number of benzene rings is 2. The van der Waals surface area contributed by atoms with Crippen molar-refractivity contribution in [3.63, 3.8) is 0 Å². The van der Waals surface area contributed by atoms with Gasteiger partial charge in [-0.1, -0.05) is 75.2 Å². The summed E-state index contributed by atoms with van der Waals surface area (Å²) in [5, 5.41) is 14.3. The zero-order chi connectivity index (χ0) is 23.8. The average Bonchev–Trinajstić information content (AvgIpc) is 3.10. The molecule has 176 valence electrons. The molecule has 2 aromatic rings. The van der Waals surface area contributed by atoms with Crippen molar-refractivity contribution < 1.29 is 24.2 Å². The van der Waals surface area contributed by atoms with E-state index in [4.69, 9.17) is 9.84 Å². The van der Waals surface area contributed by atoms with Gasteiger partial charge in [0, 0.05) is 12.5 Å². The molecule has 2 amide bonds. The number of fused-ring (bicyclic) bond motifs is 3. The third-order valence-electron chi connectivity index (χ3n) is 5.84. The first-order valence-electron chi connectivity index (χ1n) is 11.5. The van der Waals surface area contributed by atoms with Gasteiger partial charge in [-0.2, -0.15) is 0 Å². The van der Waals surface area contributed by atoms with E-state index < -0.39 is 30.4 Å². The number of carbonyl (C=O) groups excluding carboxylic acids is 2. The summed E-state index contributed by atoms with van der Waals surface area (Å²) in [6.07, 6.45) is 1.52. The minimum atomic E-state index is -1.19. The molecule has 0 aromatic heterocycles. The van der Waals surface area contributed by atoms with Gasteiger partial charge < -0.3 is 20.5 Å². The van der Waals surface area contributed by atoms with Crippen LogP contribution in [0.25, 0.3) is 11.1 Å². The Bertz CT molecular complexity index is 943. The molecule has 33 heavy (non-hydrogen) atoms. The largest absolute Gasteiger partial charge is 0.481 e. The van der Waals surface area contributed by atoms with Gasteiger partial charge in [-0.25, -0.2) is 4.79 Å². The van der Waals surface area contributed by atoms with Crippen LogP contribution < -0.4 is 10.6 Å². The van der Waals surface area contributed by atoms with Crippen LogP contribution >= 0.6 is 0 Å². The zero-order valence-electron chi connectivity index (χ0n) is 19.2. The van der Waals surface area contributed by atoms with Crippen LogP contribution in [0.2, 0.25) is 0 Å². The Morgan fingerprint density at radius 2 is 1.58 bits per heavy atom. The van der Waals surface area contributed by atoms with Crippen molar-refractivity contribution in [3.05, 3.63) is 59.7 Å². The van der Waals surface area contributed by atoms with Crippen molar-refractivity contribution in [2.45, 2.75) is 51.5 Å². The Labute approximate surface area is 194 Å². The number of alkyl carbamates (subject to hydrolysis) is 1. The van der Waals surface area contributed by atoms with E-state index in [1.165, 1.54) is 0 Å². The summed E-state index contributed by atoms with van der Waals surface area (Å²) in [5.41, 5.74) is 4.38. The van der Waals surface area contributed by atoms with E-state index in [0.29, 0.717) is 12.5 Å². The molecule has 0 bridgehead atoms. The highest BCUT2D eigenvalue weighted by atomic mass is 16.5. The molecule has 0 aliphatic heterocycles. The van der Waals surface area contributed by atoms with E-state index in [1.807, 2.05) is 48.5 Å². The first kappa shape index (κ1) is 24.3. The predicted octanol–water partition coefficient (Wildman–Crippen LogP) is 4.31. The van der Waals surface area contributed by atoms with Crippen molar-refractivity contribution in [3.8, 4) is 11.1 Å². The molecule has 1 aliphatic carbocycles. The summed E-state index contributed by atoms with van der Waals surface area (Å²) in [5.74, 6) is -1.21. The fourth-order valence-corrected chi connectivity index (χ4v) is 4.18. The number of carboxylic acids is 1. The molecule has 0 saturated heterocycles. The number of hydrogen-bond acceptors (Lipinski definition) is 4. The van der Waals surface area contributed by atoms with Crippen molar-refractivity contribution in [2.24, 2.45) is 5.92 Å². The minimum absolute atomic E-state index is 0.0937. The van der Waals surface area contributed by atoms with Gasteiger partial charge in [-0.05, 0) is 34.6 Å². The molecule has 0 saturated carbocycles. The predicted molar refractivity (Wildman–Crippen MR) is 126 cm³/mol. The number of nitrogens with one attached hydrogen (secondary N) is 2. The monoisotopic (exact) mass is 452 g/mol. The number of ether oxygens (including phenoxy) is 1. The number of carboxylic acid groups (broad SMARTS) is 1. The summed E-state index contributed by atoms with van der Waals surface area (Å²) in [7, 11) is 0. The number of rotatable bonds is 11. The second-order valence-corrected chi connectivity index (χ2v) is 8.80. The molecule has 0 heterocycles. The van der Waals surface area contributed by atoms with Crippen LogP contribution in [-0.4, -0.2) is 42.3 Å². The topological polar surface area (TPSA) is 105 Å². The number of hydrogen-bond donors (Lipinski definition) is 3. The molecule has 1 unspecified atom stereocenters. The molecule has 1 aliphatic rings. The van der Waals surface area contributed by atoms with E-state index in [1.54, 1.807) is 0 Å². The maximum absolute atomic E-state index is 12.5. The SMILES string of the molecule is CC(C)CCCCNC(=O)C(CC(=O)O)NC(=O)OCC1c2ccccc2-c2ccccc21. The first-order valence-corrected chi connectivity index (χ1v) is 11.5. The van der Waals surface area contributed by atoms with E-state index in [9.17, 15) is 14.4 Å². The lowest BCUT2D eigenvalue weighted by atomic mass is 9.98. The highest BCUT2D eigenvalue weighted by Gasteiger charge is 2.30. The van der Waals surface area contributed by atoms with Crippen molar-refractivity contribution in [1.82, 2.24) is 10.6 Å². The lowest BCUT2D eigenvalue weighted by Crippen LogP contribution is -2.48. The van der Waals surface area contributed by atoms with Crippen molar-refractivity contribution >= 4 is 18.0 Å². The smallest absolute Gasteiger partial charge is 0.407 e. The number of carbonyl (C=O) groups is 3. The van der Waals surface area contributed by atoms with Crippen LogP contribution in [0.3, 0.4) is 0 Å². The van der Waals surface area contributed by atoms with Crippen LogP contribution in [0, 0.1) is 5.92 Å². The molecule has 0 fully saturated rings. The first-order chi connectivity index (χ1) is 15.9. The molecule has 2 aromatic carbocycles. The van der Waals surface area contributed by atoms with Gasteiger partial charge in [0.25, 0.3) is 0 Å². The molecule has 7 heteroatoms. The van der Waals surface area contributed by atoms with Gasteiger partial charge in [-0.3, -0.25) is 9.59 Å². The van der Waals surface area contributed by atoms with Gasteiger partial charge in [0.2, 0.25) is 5.91 Å². The molecule has 7 nitrogen and oxygen atoms in total. The van der Waals surface area contributed by atoms with Crippen LogP contribution in [0.1, 0.15) is 56.6 Å². The number of amides is 2. The summed E-state index contributed by atoms with van der Waals surface area (Å²) < 4.78 is 5.45. The third kappa shape index (κ3) is 6.57. The van der Waals surface area contributed by atoms with Gasteiger partial charge in [0.1, 0.15) is 12.6 Å². The maximum atomic E-state index is 12.5. The fourth-order valence-electron chi connectivity index (χ4n) is 4.18. The molecule has 0 spiro atoms. The highest BCUT2D eigenvalue weighted by Crippen LogP contribution is 2.44. The molecule has 1 atom stereocenters. The van der Waals surface area contributed by atoms with Crippen LogP contribution in [0.5, 0.6) is 0 Å². The third-order valence-corrected chi connectivity index (χ3v) is 5.84. The van der Waals surface area contributed by atoms with E-state index in [0.717, 1.165) is 41.5 Å². The quantitative estimate of drug-likeness (QED) is 0.441. The van der Waals surface area contributed by atoms with E-state index in [-0.39, 0.29) is 12.5 Å². The lowest BCUT2D eigenvalue weighted by molar-refractivity contribution is -0.139. The number of unbranched alkanes of at least 4 members (excludes halogenated alkanes) is 1. The van der Waals surface area contributed by atoms with Gasteiger partial charge >= 0.3 is 12.1 Å². The number of aliphatic carboxylic acids is 1. The summed E-state index contributed by atoms with van der Waals surface area (Å²) in [6.45, 7) is 4.81. The molecule has 3 rings (SSSR count). The Morgan fingerprint density at radius 1 is 0.970 bits per heavy atom. The van der Waals surface area contributed by atoms with Gasteiger partial charge in [-0.15, -0.1) is 0 Å². The maximum Gasteiger partial charge on any atom is 0.407 e. The lowest BCUT2D eigenvalue weighted by Gasteiger charge is -2.19. The summed E-state index contributed by atoms with van der Waals surface area (Å²) in [4.78, 5) is 36.1. The van der Waals surface area contributed by atoms with Crippen molar-refractivity contribution in [2.75, 3.05) is 13.2 Å². The average molecular weight is 453 g/mol. The normalized spacial score (nSPS) is 13.2. The molecule has 3 N–H and O–H groups in total. The Morgan fingerprint density at radius 3 is 2.15 bits per heavy atom. The highest BCUT2D eigenvalue weighted by molar-refractivity contribution is 5.89. The minimum Gasteiger partial charge on any atom is -0.481 e. The standard InChI is InChI=1S/C26H32N2O5/c1-17(2)9-7-8-14-27-25(31)23(15-24(29)30)28-26(32)33-16-22-20-12-5-3-10-18(20)19-11-4-6-13-21(19)22/h3-6,10-13,17,22-23H,7-9,14-16H2,1-2H3,(H,27,31)(H,28,32)(H,29,30). The Balaban J connectivity index is 1.56. The molecular weight excluding hydrogens is 420 g/mol. The fraction of sp³-hybridized carbons (Fsp3) is 0.423. The molecule has 0 radical (unpaired) electrons. The summed E-state index contributed by atoms with van der Waals surface area (Å²) >= 11 is 0. The Hall–Kier alpha value is -3.35. The van der Waals surface area contributed by atoms with Crippen LogP contribution in [0.15, 0.2) is 48.5 Å². The van der Waals surface area contributed by atoms with E-state index in [2.05, 4.69) is 24.5 Å².